The Kier molecular flexibility index (Phi) is 4.65. The standard InChI is InChI=1S/C17H22N4O/c1-3-9-21-17-12-18-11-16(15(17)10-19-21)20(2)22-13-14-7-5-4-6-8-14/h4-8,10,12,16H,3,9,11,13H2,1-2H3. The molecule has 0 bridgehead atoms. The van der Waals surface area contributed by atoms with Crippen molar-refractivity contribution in [2.75, 3.05) is 13.6 Å². The van der Waals surface area contributed by atoms with Gasteiger partial charge in [0.15, 0.2) is 0 Å². The van der Waals surface area contributed by atoms with Gasteiger partial charge in [0, 0.05) is 25.4 Å². The summed E-state index contributed by atoms with van der Waals surface area (Å²) in [5, 5.41) is 6.38. The Morgan fingerprint density at radius 3 is 2.91 bits per heavy atom. The minimum absolute atomic E-state index is 0.120. The molecule has 1 aromatic carbocycles. The first kappa shape index (κ1) is 14.9. The second kappa shape index (κ2) is 6.85. The molecule has 1 aliphatic heterocycles. The fourth-order valence-electron chi connectivity index (χ4n) is 2.69. The smallest absolute Gasteiger partial charge is 0.0936 e. The van der Waals surface area contributed by atoms with Gasteiger partial charge in [-0.15, -0.1) is 0 Å². The molecule has 5 nitrogen and oxygen atoms in total. The molecule has 2 aromatic rings. The van der Waals surface area contributed by atoms with Crippen molar-refractivity contribution >= 4 is 6.21 Å². The van der Waals surface area contributed by atoms with Gasteiger partial charge in [0.1, 0.15) is 0 Å². The zero-order valence-corrected chi connectivity index (χ0v) is 13.1. The first-order valence-corrected chi connectivity index (χ1v) is 7.74. The molecule has 3 rings (SSSR count). The summed E-state index contributed by atoms with van der Waals surface area (Å²) in [5.74, 6) is 0. The third-order valence-corrected chi connectivity index (χ3v) is 3.91. The number of aryl methyl sites for hydroxylation is 1. The van der Waals surface area contributed by atoms with Crippen LogP contribution in [0.2, 0.25) is 0 Å². The highest BCUT2D eigenvalue weighted by Gasteiger charge is 2.26. The van der Waals surface area contributed by atoms with Crippen LogP contribution in [0.25, 0.3) is 0 Å². The lowest BCUT2D eigenvalue weighted by atomic mass is 10.1. The number of aliphatic imine (C=N–C) groups is 1. The maximum atomic E-state index is 5.92. The number of likely N-dealkylation sites (N-methyl/N-ethyl adjacent to an activating group) is 1. The van der Waals surface area contributed by atoms with Gasteiger partial charge in [0.2, 0.25) is 0 Å². The highest BCUT2D eigenvalue weighted by Crippen LogP contribution is 2.26. The van der Waals surface area contributed by atoms with E-state index in [2.05, 4.69) is 29.1 Å². The van der Waals surface area contributed by atoms with Crippen LogP contribution in [-0.4, -0.2) is 34.7 Å². The minimum Gasteiger partial charge on any atom is -0.294 e. The Labute approximate surface area is 131 Å². The van der Waals surface area contributed by atoms with E-state index < -0.39 is 0 Å². The predicted octanol–water partition coefficient (Wildman–Crippen LogP) is 2.83. The number of hydrogen-bond donors (Lipinski definition) is 0. The second-order valence-electron chi connectivity index (χ2n) is 5.52. The van der Waals surface area contributed by atoms with Gasteiger partial charge in [0.05, 0.1) is 31.1 Å². The van der Waals surface area contributed by atoms with E-state index in [1.807, 2.05) is 47.4 Å². The lowest BCUT2D eigenvalue weighted by molar-refractivity contribution is -0.178. The molecule has 1 unspecified atom stereocenters. The van der Waals surface area contributed by atoms with Crippen LogP contribution in [0.3, 0.4) is 0 Å². The molecule has 1 atom stereocenters. The Hall–Kier alpha value is -1.98. The van der Waals surface area contributed by atoms with Crippen LogP contribution >= 0.6 is 0 Å². The van der Waals surface area contributed by atoms with Gasteiger partial charge in [-0.3, -0.25) is 14.5 Å². The fraction of sp³-hybridized carbons (Fsp3) is 0.412. The van der Waals surface area contributed by atoms with Crippen molar-refractivity contribution in [1.29, 1.82) is 0 Å². The topological polar surface area (TPSA) is 42.7 Å². The number of nitrogens with zero attached hydrogens (tertiary/aromatic N) is 4. The number of rotatable bonds is 6. The molecule has 0 spiro atoms. The van der Waals surface area contributed by atoms with Gasteiger partial charge in [-0.05, 0) is 12.0 Å². The van der Waals surface area contributed by atoms with E-state index in [0.29, 0.717) is 13.2 Å². The van der Waals surface area contributed by atoms with Gasteiger partial charge in [-0.2, -0.15) is 10.2 Å². The van der Waals surface area contributed by atoms with Gasteiger partial charge in [-0.1, -0.05) is 37.3 Å². The molecule has 22 heavy (non-hydrogen) atoms. The van der Waals surface area contributed by atoms with Crippen molar-refractivity contribution in [2.24, 2.45) is 4.99 Å². The third-order valence-electron chi connectivity index (χ3n) is 3.91. The zero-order chi connectivity index (χ0) is 15.4. The van der Waals surface area contributed by atoms with Crippen molar-refractivity contribution in [3.63, 3.8) is 0 Å². The monoisotopic (exact) mass is 298 g/mol. The van der Waals surface area contributed by atoms with E-state index >= 15 is 0 Å². The van der Waals surface area contributed by atoms with Crippen molar-refractivity contribution in [2.45, 2.75) is 32.5 Å². The lowest BCUT2D eigenvalue weighted by Crippen LogP contribution is -2.29. The van der Waals surface area contributed by atoms with Crippen LogP contribution in [0.5, 0.6) is 0 Å². The maximum Gasteiger partial charge on any atom is 0.0936 e. The van der Waals surface area contributed by atoms with Gasteiger partial charge in [0.25, 0.3) is 0 Å². The number of fused-ring (bicyclic) bond motifs is 1. The van der Waals surface area contributed by atoms with Gasteiger partial charge >= 0.3 is 0 Å². The average molecular weight is 298 g/mol. The molecule has 5 heteroatoms. The van der Waals surface area contributed by atoms with Crippen LogP contribution in [-0.2, 0) is 18.0 Å². The highest BCUT2D eigenvalue weighted by atomic mass is 16.7. The first-order valence-electron chi connectivity index (χ1n) is 7.74. The summed E-state index contributed by atoms with van der Waals surface area (Å²) >= 11 is 0. The molecule has 0 fully saturated rings. The fourth-order valence-corrected chi connectivity index (χ4v) is 2.69. The molecular formula is C17H22N4O. The quantitative estimate of drug-likeness (QED) is 0.770. The van der Waals surface area contributed by atoms with Crippen LogP contribution in [0.15, 0.2) is 41.5 Å². The van der Waals surface area contributed by atoms with E-state index in [1.54, 1.807) is 0 Å². The molecule has 0 saturated heterocycles. The van der Waals surface area contributed by atoms with Crippen LogP contribution in [0.1, 0.15) is 36.2 Å². The van der Waals surface area contributed by atoms with Gasteiger partial charge in [-0.25, -0.2) is 0 Å². The third kappa shape index (κ3) is 3.10. The van der Waals surface area contributed by atoms with Crippen LogP contribution in [0.4, 0.5) is 0 Å². The SMILES string of the molecule is CCCn1ncc2c1C=NCC2N(C)OCc1ccccc1. The van der Waals surface area contributed by atoms with E-state index in [-0.39, 0.29) is 6.04 Å². The van der Waals surface area contributed by atoms with Crippen molar-refractivity contribution < 1.29 is 4.84 Å². The number of hydroxylamine groups is 2. The molecule has 116 valence electrons. The van der Waals surface area contributed by atoms with Crippen molar-refractivity contribution in [3.05, 3.63) is 53.3 Å². The Bertz CT molecular complexity index is 635. The highest BCUT2D eigenvalue weighted by molar-refractivity contribution is 5.80. The van der Waals surface area contributed by atoms with Gasteiger partial charge < -0.3 is 0 Å². The molecule has 0 aliphatic carbocycles. The predicted molar refractivity (Wildman–Crippen MR) is 86.7 cm³/mol. The Morgan fingerprint density at radius 2 is 2.14 bits per heavy atom. The van der Waals surface area contributed by atoms with E-state index in [9.17, 15) is 0 Å². The number of hydrogen-bond acceptors (Lipinski definition) is 4. The molecule has 0 N–H and O–H groups in total. The summed E-state index contributed by atoms with van der Waals surface area (Å²) in [6.45, 7) is 4.34. The number of aromatic nitrogens is 2. The summed E-state index contributed by atoms with van der Waals surface area (Å²) in [6, 6.07) is 10.3. The normalized spacial score (nSPS) is 17.0. The van der Waals surface area contributed by atoms with Crippen molar-refractivity contribution in [3.8, 4) is 0 Å². The van der Waals surface area contributed by atoms with E-state index in [0.717, 1.165) is 24.2 Å². The van der Waals surface area contributed by atoms with E-state index in [4.69, 9.17) is 4.84 Å². The molecule has 2 heterocycles. The van der Waals surface area contributed by atoms with Crippen LogP contribution in [0, 0.1) is 0 Å². The molecule has 1 aromatic heterocycles. The molecule has 1 aliphatic rings. The molecule has 0 saturated carbocycles. The first-order chi connectivity index (χ1) is 10.8. The molecule has 0 amide bonds. The van der Waals surface area contributed by atoms with Crippen LogP contribution < -0.4 is 0 Å². The number of benzene rings is 1. The summed E-state index contributed by atoms with van der Waals surface area (Å²) < 4.78 is 2.02. The Balaban J connectivity index is 1.69. The summed E-state index contributed by atoms with van der Waals surface area (Å²) in [5.41, 5.74) is 3.46. The average Bonchev–Trinajstić information content (AvgIpc) is 2.97. The maximum absolute atomic E-state index is 5.92. The molecule has 0 radical (unpaired) electrons. The summed E-state index contributed by atoms with van der Waals surface area (Å²) in [4.78, 5) is 10.4. The second-order valence-corrected chi connectivity index (χ2v) is 5.52. The largest absolute Gasteiger partial charge is 0.294 e. The molecular weight excluding hydrogens is 276 g/mol. The summed E-state index contributed by atoms with van der Waals surface area (Å²) in [7, 11) is 1.97. The Morgan fingerprint density at radius 1 is 1.32 bits per heavy atom. The summed E-state index contributed by atoms with van der Waals surface area (Å²) in [6.07, 6.45) is 4.94. The van der Waals surface area contributed by atoms with E-state index in [1.165, 1.54) is 5.56 Å². The minimum atomic E-state index is 0.120. The van der Waals surface area contributed by atoms with Crippen molar-refractivity contribution in [1.82, 2.24) is 14.8 Å². The zero-order valence-electron chi connectivity index (χ0n) is 13.1. The lowest BCUT2D eigenvalue weighted by Gasteiger charge is -2.28.